The fraction of sp³-hybridized carbons (Fsp3) is 0.400. The van der Waals surface area contributed by atoms with Gasteiger partial charge in [0, 0.05) is 17.5 Å². The second-order valence-electron chi connectivity index (χ2n) is 4.80. The zero-order valence-corrected chi connectivity index (χ0v) is 11.3. The van der Waals surface area contributed by atoms with E-state index in [9.17, 15) is 4.79 Å². The lowest BCUT2D eigenvalue weighted by Gasteiger charge is -2.05. The summed E-state index contributed by atoms with van der Waals surface area (Å²) in [6, 6.07) is 7.61. The fourth-order valence-electron chi connectivity index (χ4n) is 2.07. The summed E-state index contributed by atoms with van der Waals surface area (Å²) in [6.07, 6.45) is 1.10. The predicted octanol–water partition coefficient (Wildman–Crippen LogP) is 2.63. The smallest absolute Gasteiger partial charge is 0.287 e. The number of aliphatic hydroxyl groups is 1. The molecular weight excluding hydrogens is 242 g/mol. The van der Waals surface area contributed by atoms with Crippen LogP contribution in [0.25, 0.3) is 11.0 Å². The Morgan fingerprint density at radius 3 is 2.84 bits per heavy atom. The molecule has 1 aromatic heterocycles. The van der Waals surface area contributed by atoms with Crippen molar-refractivity contribution in [3.05, 3.63) is 35.6 Å². The molecule has 0 spiro atoms. The van der Waals surface area contributed by atoms with Crippen molar-refractivity contribution in [3.8, 4) is 0 Å². The molecule has 0 aliphatic rings. The van der Waals surface area contributed by atoms with Crippen LogP contribution in [0.15, 0.2) is 28.7 Å². The van der Waals surface area contributed by atoms with Crippen LogP contribution in [0.2, 0.25) is 0 Å². The molecule has 4 heteroatoms. The van der Waals surface area contributed by atoms with Crippen LogP contribution in [0.4, 0.5) is 0 Å². The van der Waals surface area contributed by atoms with Crippen molar-refractivity contribution in [1.82, 2.24) is 5.32 Å². The monoisotopic (exact) mass is 261 g/mol. The number of hydrogen-bond donors (Lipinski definition) is 2. The lowest BCUT2D eigenvalue weighted by atomic mass is 10.1. The van der Waals surface area contributed by atoms with Crippen LogP contribution in [-0.2, 0) is 0 Å². The van der Waals surface area contributed by atoms with Crippen LogP contribution < -0.4 is 5.32 Å². The van der Waals surface area contributed by atoms with Gasteiger partial charge in [-0.2, -0.15) is 0 Å². The number of carbonyl (C=O) groups excluding carboxylic acids is 1. The van der Waals surface area contributed by atoms with Gasteiger partial charge in [-0.1, -0.05) is 18.2 Å². The number of amides is 1. The zero-order valence-electron chi connectivity index (χ0n) is 11.3. The van der Waals surface area contributed by atoms with Gasteiger partial charge < -0.3 is 14.8 Å². The predicted molar refractivity (Wildman–Crippen MR) is 74.2 cm³/mol. The summed E-state index contributed by atoms with van der Waals surface area (Å²) < 4.78 is 5.58. The number of para-hydroxylation sites is 1. The van der Waals surface area contributed by atoms with Crippen molar-refractivity contribution < 1.29 is 14.3 Å². The second kappa shape index (κ2) is 5.89. The number of rotatable bonds is 5. The highest BCUT2D eigenvalue weighted by atomic mass is 16.3. The van der Waals surface area contributed by atoms with Gasteiger partial charge in [0.05, 0.1) is 6.10 Å². The minimum absolute atomic E-state index is 0.195. The Bertz CT molecular complexity index is 572. The average molecular weight is 261 g/mol. The maximum atomic E-state index is 12.0. The van der Waals surface area contributed by atoms with E-state index in [0.717, 1.165) is 23.0 Å². The maximum Gasteiger partial charge on any atom is 0.287 e. The topological polar surface area (TPSA) is 62.5 Å². The molecule has 102 valence electrons. The standard InChI is InChI=1S/C15H19NO3/c1-10(17)6-5-9-16-15(18)14-11(2)12-7-3-4-8-13(12)19-14/h3-4,7-8,10,17H,5-6,9H2,1-2H3,(H,16,18). The Labute approximate surface area is 112 Å². The van der Waals surface area contributed by atoms with Crippen LogP contribution in [0.3, 0.4) is 0 Å². The molecule has 0 aliphatic heterocycles. The van der Waals surface area contributed by atoms with Gasteiger partial charge in [0.1, 0.15) is 5.58 Å². The minimum atomic E-state index is -0.329. The molecule has 2 N–H and O–H groups in total. The average Bonchev–Trinajstić information content (AvgIpc) is 2.72. The first-order chi connectivity index (χ1) is 9.09. The third kappa shape index (κ3) is 3.15. The minimum Gasteiger partial charge on any atom is -0.451 e. The quantitative estimate of drug-likeness (QED) is 0.813. The largest absolute Gasteiger partial charge is 0.451 e. The molecular formula is C15H19NO3. The number of benzene rings is 1. The van der Waals surface area contributed by atoms with E-state index in [-0.39, 0.29) is 12.0 Å². The van der Waals surface area contributed by atoms with Crippen molar-refractivity contribution >= 4 is 16.9 Å². The molecule has 2 rings (SSSR count). The number of carbonyl (C=O) groups is 1. The van der Waals surface area contributed by atoms with E-state index in [0.29, 0.717) is 18.7 Å². The van der Waals surface area contributed by atoms with Crippen molar-refractivity contribution in [2.75, 3.05) is 6.54 Å². The first-order valence-corrected chi connectivity index (χ1v) is 6.54. The molecule has 1 aromatic carbocycles. The van der Waals surface area contributed by atoms with Gasteiger partial charge in [-0.15, -0.1) is 0 Å². The van der Waals surface area contributed by atoms with Crippen LogP contribution in [-0.4, -0.2) is 23.7 Å². The lowest BCUT2D eigenvalue weighted by molar-refractivity contribution is 0.0923. The van der Waals surface area contributed by atoms with Crippen LogP contribution in [0.1, 0.15) is 35.9 Å². The molecule has 1 amide bonds. The number of furan rings is 1. The first-order valence-electron chi connectivity index (χ1n) is 6.54. The van der Waals surface area contributed by atoms with E-state index in [1.807, 2.05) is 31.2 Å². The number of aliphatic hydroxyl groups excluding tert-OH is 1. The van der Waals surface area contributed by atoms with Gasteiger partial charge in [0.25, 0.3) is 5.91 Å². The highest BCUT2D eigenvalue weighted by molar-refractivity contribution is 5.98. The van der Waals surface area contributed by atoms with Crippen molar-refractivity contribution in [1.29, 1.82) is 0 Å². The Kier molecular flexibility index (Phi) is 4.22. The molecule has 0 aliphatic carbocycles. The van der Waals surface area contributed by atoms with E-state index in [1.54, 1.807) is 6.92 Å². The zero-order chi connectivity index (χ0) is 13.8. The van der Waals surface area contributed by atoms with Gasteiger partial charge in [-0.3, -0.25) is 4.79 Å². The highest BCUT2D eigenvalue weighted by Crippen LogP contribution is 2.24. The molecule has 0 bridgehead atoms. The number of fused-ring (bicyclic) bond motifs is 1. The second-order valence-corrected chi connectivity index (χ2v) is 4.80. The number of aryl methyl sites for hydroxylation is 1. The Morgan fingerprint density at radius 1 is 1.42 bits per heavy atom. The highest BCUT2D eigenvalue weighted by Gasteiger charge is 2.16. The summed E-state index contributed by atoms with van der Waals surface area (Å²) in [5.74, 6) is 0.178. The Morgan fingerprint density at radius 2 is 2.16 bits per heavy atom. The normalized spacial score (nSPS) is 12.6. The fourth-order valence-corrected chi connectivity index (χ4v) is 2.07. The van der Waals surface area contributed by atoms with Gasteiger partial charge in [-0.25, -0.2) is 0 Å². The molecule has 1 unspecified atom stereocenters. The van der Waals surface area contributed by atoms with Crippen LogP contribution in [0, 0.1) is 6.92 Å². The molecule has 1 atom stereocenters. The van der Waals surface area contributed by atoms with Crippen molar-refractivity contribution in [2.45, 2.75) is 32.8 Å². The van der Waals surface area contributed by atoms with Crippen molar-refractivity contribution in [2.24, 2.45) is 0 Å². The molecule has 0 fully saturated rings. The number of nitrogens with one attached hydrogen (secondary N) is 1. The molecule has 0 saturated heterocycles. The number of hydrogen-bond acceptors (Lipinski definition) is 3. The van der Waals surface area contributed by atoms with Crippen LogP contribution >= 0.6 is 0 Å². The summed E-state index contributed by atoms with van der Waals surface area (Å²) in [5, 5.41) is 12.9. The molecule has 0 radical (unpaired) electrons. The SMILES string of the molecule is Cc1c(C(=O)NCCCC(C)O)oc2ccccc12. The van der Waals surface area contributed by atoms with Gasteiger partial charge >= 0.3 is 0 Å². The summed E-state index contributed by atoms with van der Waals surface area (Å²) in [5.41, 5.74) is 1.60. The summed E-state index contributed by atoms with van der Waals surface area (Å²) >= 11 is 0. The molecule has 19 heavy (non-hydrogen) atoms. The van der Waals surface area contributed by atoms with E-state index < -0.39 is 0 Å². The summed E-state index contributed by atoms with van der Waals surface area (Å²) in [4.78, 5) is 12.0. The first kappa shape index (κ1) is 13.6. The third-order valence-electron chi connectivity index (χ3n) is 3.13. The molecule has 1 heterocycles. The lowest BCUT2D eigenvalue weighted by Crippen LogP contribution is -2.25. The third-order valence-corrected chi connectivity index (χ3v) is 3.13. The van der Waals surface area contributed by atoms with E-state index in [4.69, 9.17) is 9.52 Å². The van der Waals surface area contributed by atoms with Gasteiger partial charge in [-0.05, 0) is 32.8 Å². The maximum absolute atomic E-state index is 12.0. The van der Waals surface area contributed by atoms with E-state index in [1.165, 1.54) is 0 Å². The van der Waals surface area contributed by atoms with Gasteiger partial charge in [0.15, 0.2) is 5.76 Å². The molecule has 2 aromatic rings. The van der Waals surface area contributed by atoms with Crippen molar-refractivity contribution in [3.63, 3.8) is 0 Å². The summed E-state index contributed by atoms with van der Waals surface area (Å²) in [6.45, 7) is 4.17. The van der Waals surface area contributed by atoms with Crippen LogP contribution in [0.5, 0.6) is 0 Å². The van der Waals surface area contributed by atoms with E-state index >= 15 is 0 Å². The van der Waals surface area contributed by atoms with E-state index in [2.05, 4.69) is 5.32 Å². The Balaban J connectivity index is 2.03. The Hall–Kier alpha value is -1.81. The summed E-state index contributed by atoms with van der Waals surface area (Å²) in [7, 11) is 0. The molecule has 0 saturated carbocycles. The molecule has 4 nitrogen and oxygen atoms in total. The van der Waals surface area contributed by atoms with Gasteiger partial charge in [0.2, 0.25) is 0 Å².